The summed E-state index contributed by atoms with van der Waals surface area (Å²) in [6.07, 6.45) is 18.0. The van der Waals surface area contributed by atoms with E-state index >= 15 is 0 Å². The van der Waals surface area contributed by atoms with Gasteiger partial charge < -0.3 is 20.1 Å². The first kappa shape index (κ1) is 52.1. The Labute approximate surface area is 351 Å². The van der Waals surface area contributed by atoms with Crippen molar-refractivity contribution in [3.05, 3.63) is 23.3 Å². The number of carbonyl (C=O) groups excluding carboxylic acids is 5. The molecule has 0 aromatic heterocycles. The van der Waals surface area contributed by atoms with Gasteiger partial charge in [0, 0.05) is 49.2 Å². The van der Waals surface area contributed by atoms with Gasteiger partial charge in [-0.15, -0.1) is 0 Å². The van der Waals surface area contributed by atoms with Gasteiger partial charge in [-0.25, -0.2) is 0 Å². The van der Waals surface area contributed by atoms with E-state index in [0.29, 0.717) is 54.7 Å². The first-order valence-corrected chi connectivity index (χ1v) is 23.5. The molecule has 0 fully saturated rings. The van der Waals surface area contributed by atoms with E-state index in [-0.39, 0.29) is 53.8 Å². The maximum Gasteiger partial charge on any atom is 0.222 e. The second kappa shape index (κ2) is 32.0. The lowest BCUT2D eigenvalue weighted by Crippen LogP contribution is -2.33. The molecule has 2 N–H and O–H groups in total. The van der Waals surface area contributed by atoms with Crippen LogP contribution < -0.4 is 20.1 Å². The maximum atomic E-state index is 12.8. The number of aryl methyl sites for hydroxylation is 1. The molecule has 0 spiro atoms. The van der Waals surface area contributed by atoms with Crippen LogP contribution in [0.3, 0.4) is 0 Å². The van der Waals surface area contributed by atoms with E-state index < -0.39 is 0 Å². The van der Waals surface area contributed by atoms with Crippen LogP contribution in [-0.2, 0) is 36.1 Å². The molecular weight excluding hydrogens is 737 g/mol. The third-order valence-corrected chi connectivity index (χ3v) is 11.9. The fourth-order valence-electron chi connectivity index (χ4n) is 6.86. The molecule has 1 rings (SSSR count). The Morgan fingerprint density at radius 2 is 0.965 bits per heavy atom. The van der Waals surface area contributed by atoms with Gasteiger partial charge >= 0.3 is 0 Å². The molecule has 0 bridgehead atoms. The number of ether oxygens (including phenoxy) is 2. The van der Waals surface area contributed by atoms with E-state index in [1.165, 1.54) is 37.4 Å². The molecule has 326 valence electrons. The molecule has 0 aliphatic rings. The van der Waals surface area contributed by atoms with Crippen LogP contribution in [0, 0.1) is 23.7 Å². The minimum Gasteiger partial charge on any atom is -0.488 e. The summed E-state index contributed by atoms with van der Waals surface area (Å²) in [5, 5.41) is 6.03. The number of hydrogen-bond acceptors (Lipinski definition) is 8. The summed E-state index contributed by atoms with van der Waals surface area (Å²) in [5.41, 5.74) is 2.06. The van der Waals surface area contributed by atoms with Crippen LogP contribution in [0.1, 0.15) is 182 Å². The van der Waals surface area contributed by atoms with Crippen LogP contribution in [-0.4, -0.2) is 54.8 Å². The molecule has 0 unspecified atom stereocenters. The average molecular weight is 817 g/mol. The number of unbranched alkanes of at least 4 members (excludes halogenated alkanes) is 8. The molecule has 0 aliphatic carbocycles. The van der Waals surface area contributed by atoms with Crippen LogP contribution in [0.4, 0.5) is 0 Å². The van der Waals surface area contributed by atoms with Crippen molar-refractivity contribution < 1.29 is 33.4 Å². The number of ketones is 2. The number of thioether (sulfide) groups is 1. The zero-order valence-electron chi connectivity index (χ0n) is 37.2. The minimum atomic E-state index is -0.131. The lowest BCUT2D eigenvalue weighted by Gasteiger charge is -2.18. The highest BCUT2D eigenvalue weighted by atomic mass is 32.2. The van der Waals surface area contributed by atoms with Gasteiger partial charge in [-0.2, -0.15) is 0 Å². The van der Waals surface area contributed by atoms with Crippen molar-refractivity contribution in [2.75, 3.05) is 26.3 Å². The number of carbonyl (C=O) groups is 5. The summed E-state index contributed by atoms with van der Waals surface area (Å²) in [7, 11) is 0. The Bertz CT molecular complexity index is 1320. The van der Waals surface area contributed by atoms with Crippen LogP contribution >= 0.6 is 11.8 Å². The third-order valence-electron chi connectivity index (χ3n) is 11.0. The fraction of sp³-hybridized carbons (Fsp3) is 0.766. The highest BCUT2D eigenvalue weighted by Crippen LogP contribution is 2.33. The summed E-state index contributed by atoms with van der Waals surface area (Å²) in [4.78, 5) is 62.2. The van der Waals surface area contributed by atoms with Gasteiger partial charge in [0.1, 0.15) is 24.8 Å². The molecule has 0 saturated heterocycles. The normalized spacial score (nSPS) is 13.3. The molecule has 0 heterocycles. The van der Waals surface area contributed by atoms with E-state index in [1.54, 1.807) is 6.92 Å². The van der Waals surface area contributed by atoms with Crippen LogP contribution in [0.5, 0.6) is 11.5 Å². The van der Waals surface area contributed by atoms with E-state index in [9.17, 15) is 24.0 Å². The van der Waals surface area contributed by atoms with E-state index in [0.717, 1.165) is 94.6 Å². The number of Topliss-reactive ketones (excluding diaryl/α,β-unsaturated/α-hetero) is 2. The lowest BCUT2D eigenvalue weighted by molar-refractivity contribution is -0.125. The molecule has 9 nitrogen and oxygen atoms in total. The van der Waals surface area contributed by atoms with Gasteiger partial charge in [-0.05, 0) is 68.2 Å². The van der Waals surface area contributed by atoms with Gasteiger partial charge in [0.15, 0.2) is 16.6 Å². The number of benzene rings is 1. The Kier molecular flexibility index (Phi) is 29.3. The molecule has 57 heavy (non-hydrogen) atoms. The number of hydrogen-bond donors (Lipinski definition) is 2. The van der Waals surface area contributed by atoms with Crippen molar-refractivity contribution in [2.24, 2.45) is 23.7 Å². The van der Waals surface area contributed by atoms with Gasteiger partial charge in [0.25, 0.3) is 0 Å². The Hall–Kier alpha value is -2.88. The zero-order chi connectivity index (χ0) is 42.4. The molecule has 1 aromatic carbocycles. The van der Waals surface area contributed by atoms with Gasteiger partial charge in [-0.1, -0.05) is 124 Å². The monoisotopic (exact) mass is 817 g/mol. The Morgan fingerprint density at radius 3 is 1.37 bits per heavy atom. The predicted molar refractivity (Wildman–Crippen MR) is 236 cm³/mol. The third kappa shape index (κ3) is 24.0. The fourth-order valence-corrected chi connectivity index (χ4v) is 7.49. The largest absolute Gasteiger partial charge is 0.488 e. The quantitative estimate of drug-likeness (QED) is 0.0648. The van der Waals surface area contributed by atoms with Gasteiger partial charge in [0.2, 0.25) is 11.8 Å². The van der Waals surface area contributed by atoms with Crippen molar-refractivity contribution in [3.8, 4) is 11.5 Å². The Morgan fingerprint density at radius 1 is 0.561 bits per heavy atom. The second-order valence-electron chi connectivity index (χ2n) is 16.2. The summed E-state index contributed by atoms with van der Waals surface area (Å²) < 4.78 is 12.3. The van der Waals surface area contributed by atoms with Crippen LogP contribution in [0.15, 0.2) is 12.1 Å². The summed E-state index contributed by atoms with van der Waals surface area (Å²) in [6, 6.07) is 3.88. The van der Waals surface area contributed by atoms with Crippen molar-refractivity contribution in [1.29, 1.82) is 0 Å². The average Bonchev–Trinajstić information content (AvgIpc) is 3.19. The molecule has 10 heteroatoms. The highest BCUT2D eigenvalue weighted by molar-refractivity contribution is 8.12. The highest BCUT2D eigenvalue weighted by Gasteiger charge is 2.18. The SMILES string of the molecule is CCCCC[C@H](C)C(=O)CCCCC[C@H](C)C(=O)NCCOc1cc(CC)c(CSC(C)=O)cc1OCCNC(=O)[C@@H](C)CCCCCC(=O)[C@@H](C)CCCCC. The van der Waals surface area contributed by atoms with Crippen LogP contribution in [0.2, 0.25) is 0 Å². The summed E-state index contributed by atoms with van der Waals surface area (Å²) in [6.45, 7) is 17.1. The van der Waals surface area contributed by atoms with Gasteiger partial charge in [-0.3, -0.25) is 24.0 Å². The number of rotatable bonds is 35. The number of nitrogens with one attached hydrogen (secondary N) is 2. The summed E-state index contributed by atoms with van der Waals surface area (Å²) >= 11 is 1.25. The summed E-state index contributed by atoms with van der Waals surface area (Å²) in [5.74, 6) is 2.37. The van der Waals surface area contributed by atoms with E-state index in [2.05, 4.69) is 31.4 Å². The second-order valence-corrected chi connectivity index (χ2v) is 17.4. The van der Waals surface area contributed by atoms with Crippen molar-refractivity contribution in [3.63, 3.8) is 0 Å². The topological polar surface area (TPSA) is 128 Å². The standard InChI is InChI=1S/C47H80N2O7S/c1-9-12-16-22-35(4)42(51)26-20-14-18-24-37(6)46(53)48-28-30-55-44-32-40(11-3)41(34-57-39(8)50)33-45(44)56-31-29-49-47(54)38(7)25-19-15-21-27-43(52)36(5)23-17-13-10-2/h32-33,35-38H,9-31,34H2,1-8H3,(H,48,53)(H,49,54)/t35-,36-,37-,38-/m0/s1. The smallest absolute Gasteiger partial charge is 0.222 e. The molecule has 0 saturated carbocycles. The molecule has 1 aromatic rings. The van der Waals surface area contributed by atoms with E-state index in [1.807, 2.05) is 39.8 Å². The Balaban J connectivity index is 2.56. The first-order valence-electron chi connectivity index (χ1n) is 22.5. The molecule has 0 radical (unpaired) electrons. The van der Waals surface area contributed by atoms with Crippen LogP contribution in [0.25, 0.3) is 0 Å². The van der Waals surface area contributed by atoms with E-state index in [4.69, 9.17) is 9.47 Å². The van der Waals surface area contributed by atoms with Crippen molar-refractivity contribution in [1.82, 2.24) is 10.6 Å². The van der Waals surface area contributed by atoms with Crippen molar-refractivity contribution >= 4 is 40.3 Å². The molecule has 0 aliphatic heterocycles. The zero-order valence-corrected chi connectivity index (χ0v) is 38.0. The molecule has 2 amide bonds. The van der Waals surface area contributed by atoms with Gasteiger partial charge in [0.05, 0.1) is 13.1 Å². The number of amides is 2. The molecule has 4 atom stereocenters. The minimum absolute atomic E-state index is 0.00980. The first-order chi connectivity index (χ1) is 27.3. The molecular formula is C47H80N2O7S. The van der Waals surface area contributed by atoms with Crippen molar-refractivity contribution in [2.45, 2.75) is 183 Å². The lowest BCUT2D eigenvalue weighted by atomic mass is 9.94. The maximum absolute atomic E-state index is 12.8. The predicted octanol–water partition coefficient (Wildman–Crippen LogP) is 10.8.